The third-order valence-corrected chi connectivity index (χ3v) is 3.32. The van der Waals surface area contributed by atoms with Crippen molar-refractivity contribution in [1.29, 1.82) is 0 Å². The summed E-state index contributed by atoms with van der Waals surface area (Å²) in [6, 6.07) is 6.30. The van der Waals surface area contributed by atoms with Crippen molar-refractivity contribution in [1.82, 2.24) is 5.32 Å². The van der Waals surface area contributed by atoms with E-state index in [-0.39, 0.29) is 6.04 Å². The number of hydrogen-bond acceptors (Lipinski definition) is 4. The maximum Gasteiger partial charge on any atom is 0.122 e. The number of rotatable bonds is 9. The molecule has 20 heavy (non-hydrogen) atoms. The van der Waals surface area contributed by atoms with Crippen LogP contribution in [0.25, 0.3) is 0 Å². The second kappa shape index (κ2) is 8.82. The standard InChI is InChI=1S/C16H27NO3/c1-6-17-16(7-12(2)11-18-3)13-8-14(19-4)10-15(9-13)20-5/h8-10,12,16-17H,6-7,11H2,1-5H3. The molecule has 2 atom stereocenters. The van der Waals surface area contributed by atoms with Crippen LogP contribution in [0.4, 0.5) is 0 Å². The average molecular weight is 281 g/mol. The largest absolute Gasteiger partial charge is 0.497 e. The monoisotopic (exact) mass is 281 g/mol. The highest BCUT2D eigenvalue weighted by Gasteiger charge is 2.16. The van der Waals surface area contributed by atoms with Gasteiger partial charge in [0.15, 0.2) is 0 Å². The van der Waals surface area contributed by atoms with E-state index >= 15 is 0 Å². The number of nitrogens with one attached hydrogen (secondary N) is 1. The summed E-state index contributed by atoms with van der Waals surface area (Å²) in [6.45, 7) is 6.00. The highest BCUT2D eigenvalue weighted by atomic mass is 16.5. The summed E-state index contributed by atoms with van der Waals surface area (Å²) in [4.78, 5) is 0. The fourth-order valence-corrected chi connectivity index (χ4v) is 2.37. The fourth-order valence-electron chi connectivity index (χ4n) is 2.37. The Hall–Kier alpha value is -1.26. The van der Waals surface area contributed by atoms with Crippen LogP contribution in [-0.2, 0) is 4.74 Å². The second-order valence-corrected chi connectivity index (χ2v) is 5.05. The second-order valence-electron chi connectivity index (χ2n) is 5.05. The van der Waals surface area contributed by atoms with Crippen LogP contribution in [0.5, 0.6) is 11.5 Å². The zero-order valence-corrected chi connectivity index (χ0v) is 13.2. The van der Waals surface area contributed by atoms with E-state index in [9.17, 15) is 0 Å². The Kier molecular flexibility index (Phi) is 7.41. The van der Waals surface area contributed by atoms with Crippen molar-refractivity contribution in [3.05, 3.63) is 23.8 Å². The van der Waals surface area contributed by atoms with Crippen molar-refractivity contribution in [3.63, 3.8) is 0 Å². The first-order chi connectivity index (χ1) is 9.64. The van der Waals surface area contributed by atoms with E-state index in [0.29, 0.717) is 5.92 Å². The molecular formula is C16H27NO3. The first-order valence-electron chi connectivity index (χ1n) is 7.09. The lowest BCUT2D eigenvalue weighted by Crippen LogP contribution is -2.24. The lowest BCUT2D eigenvalue weighted by Gasteiger charge is -2.23. The van der Waals surface area contributed by atoms with Gasteiger partial charge in [-0.2, -0.15) is 0 Å². The molecule has 114 valence electrons. The summed E-state index contributed by atoms with van der Waals surface area (Å²) >= 11 is 0. The predicted molar refractivity (Wildman–Crippen MR) is 81.6 cm³/mol. The number of hydrogen-bond donors (Lipinski definition) is 1. The van der Waals surface area contributed by atoms with E-state index in [1.165, 1.54) is 5.56 Å². The van der Waals surface area contributed by atoms with Crippen LogP contribution in [-0.4, -0.2) is 34.5 Å². The third kappa shape index (κ3) is 5.02. The highest BCUT2D eigenvalue weighted by molar-refractivity contribution is 5.39. The molecule has 1 N–H and O–H groups in total. The molecule has 0 fully saturated rings. The Bertz CT molecular complexity index is 373. The van der Waals surface area contributed by atoms with Crippen molar-refractivity contribution < 1.29 is 14.2 Å². The van der Waals surface area contributed by atoms with Crippen molar-refractivity contribution in [2.24, 2.45) is 5.92 Å². The van der Waals surface area contributed by atoms with Crippen LogP contribution < -0.4 is 14.8 Å². The van der Waals surface area contributed by atoms with E-state index in [1.807, 2.05) is 6.07 Å². The van der Waals surface area contributed by atoms with Gasteiger partial charge in [-0.1, -0.05) is 13.8 Å². The molecule has 0 saturated carbocycles. The van der Waals surface area contributed by atoms with E-state index in [4.69, 9.17) is 14.2 Å². The molecule has 1 aromatic rings. The zero-order valence-electron chi connectivity index (χ0n) is 13.2. The maximum absolute atomic E-state index is 5.35. The van der Waals surface area contributed by atoms with Gasteiger partial charge in [0.25, 0.3) is 0 Å². The number of methoxy groups -OCH3 is 3. The summed E-state index contributed by atoms with van der Waals surface area (Å²) in [6.07, 6.45) is 1.01. The third-order valence-electron chi connectivity index (χ3n) is 3.32. The molecule has 1 aromatic carbocycles. The van der Waals surface area contributed by atoms with Crippen LogP contribution in [0.3, 0.4) is 0 Å². The van der Waals surface area contributed by atoms with Gasteiger partial charge in [0, 0.05) is 25.8 Å². The minimum absolute atomic E-state index is 0.272. The summed E-state index contributed by atoms with van der Waals surface area (Å²) in [7, 11) is 5.09. The topological polar surface area (TPSA) is 39.7 Å². The summed E-state index contributed by atoms with van der Waals surface area (Å²) in [5, 5.41) is 3.52. The van der Waals surface area contributed by atoms with Gasteiger partial charge in [-0.05, 0) is 36.6 Å². The first kappa shape index (κ1) is 16.8. The summed E-state index contributed by atoms with van der Waals surface area (Å²) in [5.74, 6) is 2.13. The Morgan fingerprint density at radius 1 is 1.05 bits per heavy atom. The van der Waals surface area contributed by atoms with Crippen molar-refractivity contribution >= 4 is 0 Å². The average Bonchev–Trinajstić information content (AvgIpc) is 2.46. The molecule has 0 heterocycles. The van der Waals surface area contributed by atoms with Gasteiger partial charge in [-0.25, -0.2) is 0 Å². The normalized spacial score (nSPS) is 13.8. The van der Waals surface area contributed by atoms with Crippen molar-refractivity contribution in [2.45, 2.75) is 26.3 Å². The Morgan fingerprint density at radius 3 is 2.10 bits per heavy atom. The van der Waals surface area contributed by atoms with Crippen LogP contribution in [0, 0.1) is 5.92 Å². The molecule has 0 amide bonds. The Morgan fingerprint density at radius 2 is 1.65 bits per heavy atom. The molecule has 0 bridgehead atoms. The maximum atomic E-state index is 5.35. The molecule has 0 aliphatic carbocycles. The Balaban J connectivity index is 2.94. The number of benzene rings is 1. The molecule has 4 heteroatoms. The van der Waals surface area contributed by atoms with Gasteiger partial charge in [0.05, 0.1) is 14.2 Å². The van der Waals surface area contributed by atoms with Crippen LogP contribution >= 0.6 is 0 Å². The molecule has 0 saturated heterocycles. The minimum atomic E-state index is 0.272. The minimum Gasteiger partial charge on any atom is -0.497 e. The molecule has 0 aliphatic heterocycles. The van der Waals surface area contributed by atoms with Crippen LogP contribution in [0.1, 0.15) is 31.9 Å². The summed E-state index contributed by atoms with van der Waals surface area (Å²) in [5.41, 5.74) is 1.19. The van der Waals surface area contributed by atoms with Gasteiger partial charge in [0.1, 0.15) is 11.5 Å². The predicted octanol–water partition coefficient (Wildman–Crippen LogP) is 3.03. The van der Waals surface area contributed by atoms with Crippen molar-refractivity contribution in [3.8, 4) is 11.5 Å². The molecule has 0 radical (unpaired) electrons. The van der Waals surface area contributed by atoms with E-state index < -0.39 is 0 Å². The van der Waals surface area contributed by atoms with E-state index in [2.05, 4.69) is 31.3 Å². The first-order valence-corrected chi connectivity index (χ1v) is 7.09. The van der Waals surface area contributed by atoms with Gasteiger partial charge in [0.2, 0.25) is 0 Å². The van der Waals surface area contributed by atoms with Gasteiger partial charge < -0.3 is 19.5 Å². The van der Waals surface area contributed by atoms with Crippen LogP contribution in [0.2, 0.25) is 0 Å². The lowest BCUT2D eigenvalue weighted by atomic mass is 9.96. The SMILES string of the molecule is CCNC(CC(C)COC)c1cc(OC)cc(OC)c1. The van der Waals surface area contributed by atoms with Gasteiger partial charge in [-0.15, -0.1) is 0 Å². The molecule has 4 nitrogen and oxygen atoms in total. The smallest absolute Gasteiger partial charge is 0.122 e. The highest BCUT2D eigenvalue weighted by Crippen LogP contribution is 2.29. The molecule has 2 unspecified atom stereocenters. The molecule has 0 aromatic heterocycles. The lowest BCUT2D eigenvalue weighted by molar-refractivity contribution is 0.149. The molecule has 0 aliphatic rings. The summed E-state index contributed by atoms with van der Waals surface area (Å²) < 4.78 is 15.9. The quantitative estimate of drug-likeness (QED) is 0.755. The number of ether oxygens (including phenoxy) is 3. The van der Waals surface area contributed by atoms with E-state index in [0.717, 1.165) is 31.1 Å². The Labute approximate surface area is 122 Å². The molecular weight excluding hydrogens is 254 g/mol. The van der Waals surface area contributed by atoms with Gasteiger partial charge >= 0.3 is 0 Å². The van der Waals surface area contributed by atoms with Crippen LogP contribution in [0.15, 0.2) is 18.2 Å². The van der Waals surface area contributed by atoms with E-state index in [1.54, 1.807) is 21.3 Å². The van der Waals surface area contributed by atoms with Crippen molar-refractivity contribution in [2.75, 3.05) is 34.5 Å². The van der Waals surface area contributed by atoms with Gasteiger partial charge in [-0.3, -0.25) is 0 Å². The molecule has 0 spiro atoms. The fraction of sp³-hybridized carbons (Fsp3) is 0.625. The zero-order chi connectivity index (χ0) is 15.0. The molecule has 1 rings (SSSR count).